The number of ether oxygens (including phenoxy) is 1. The Kier molecular flexibility index (Phi) is 10.5. The van der Waals surface area contributed by atoms with Crippen LogP contribution < -0.4 is 10.1 Å². The van der Waals surface area contributed by atoms with Crippen LogP contribution >= 0.6 is 8.73 Å². The van der Waals surface area contributed by atoms with Gasteiger partial charge in [-0.1, -0.05) is 51.1 Å². The summed E-state index contributed by atoms with van der Waals surface area (Å²) in [4.78, 5) is 4.18. The quantitative estimate of drug-likeness (QED) is 0.487. The normalized spacial score (nSPS) is 18.5. The number of methoxy groups -OCH3 is 1. The summed E-state index contributed by atoms with van der Waals surface area (Å²) in [6.45, 7) is 11.3. The molecule has 1 aliphatic rings. The van der Waals surface area contributed by atoms with E-state index in [0.717, 1.165) is 18.7 Å². The van der Waals surface area contributed by atoms with Crippen molar-refractivity contribution in [2.75, 3.05) is 7.11 Å². The van der Waals surface area contributed by atoms with E-state index in [1.165, 1.54) is 28.1 Å². The van der Waals surface area contributed by atoms with Crippen LogP contribution in [-0.4, -0.2) is 22.5 Å². The van der Waals surface area contributed by atoms with Gasteiger partial charge in [-0.3, -0.25) is 4.98 Å². The Morgan fingerprint density at radius 3 is 2.55 bits per heavy atom. The molecular formula is C26H36N3OP. The minimum atomic E-state index is 0.269. The molecule has 0 aliphatic carbocycles. The first-order valence-corrected chi connectivity index (χ1v) is 12.1. The molecule has 5 heteroatoms. The number of hydrogen-bond acceptors (Lipinski definition) is 4. The van der Waals surface area contributed by atoms with Crippen molar-refractivity contribution in [3.63, 3.8) is 0 Å². The Bertz CT molecular complexity index is 906. The molecule has 3 rings (SSSR count). The van der Waals surface area contributed by atoms with Crippen LogP contribution in [0.15, 0.2) is 78.3 Å². The van der Waals surface area contributed by atoms with Crippen molar-refractivity contribution < 1.29 is 4.74 Å². The SMILES string of the molecule is C/C=C(/c1ccncc1)N1PC(NCc2ccccc2OC)C=C/C1=C(/C)CC.CC. The lowest BCUT2D eigenvalue weighted by Gasteiger charge is -2.36. The third kappa shape index (κ3) is 6.53. The monoisotopic (exact) mass is 437 g/mol. The standard InChI is InChI=1S/C24H30N3OP.C2H6/c1-5-18(3)22-11-12-24(26-17-20-9-7-8-10-23(20)28-4)29-27(22)21(6-2)19-13-15-25-16-14-19;1-2/h6-16,24,26,29H,5,17H2,1-4H3;1-2H3/b21-6-,22-18+;. The second kappa shape index (κ2) is 13.1. The van der Waals surface area contributed by atoms with Crippen molar-refractivity contribution in [2.24, 2.45) is 0 Å². The largest absolute Gasteiger partial charge is 0.496 e. The maximum atomic E-state index is 5.49. The van der Waals surface area contributed by atoms with Crippen molar-refractivity contribution in [3.05, 3.63) is 89.4 Å². The molecule has 2 atom stereocenters. The van der Waals surface area contributed by atoms with Crippen LogP contribution in [0.25, 0.3) is 5.70 Å². The van der Waals surface area contributed by atoms with Gasteiger partial charge in [-0.25, -0.2) is 0 Å². The zero-order valence-corrected chi connectivity index (χ0v) is 20.6. The van der Waals surface area contributed by atoms with E-state index in [0.29, 0.717) is 8.73 Å². The summed E-state index contributed by atoms with van der Waals surface area (Å²) in [6.07, 6.45) is 11.5. The summed E-state index contributed by atoms with van der Waals surface area (Å²) in [7, 11) is 2.29. The van der Waals surface area contributed by atoms with E-state index in [9.17, 15) is 0 Å². The Balaban J connectivity index is 0.00000166. The molecular weight excluding hydrogens is 401 g/mol. The van der Waals surface area contributed by atoms with Gasteiger partial charge in [0.2, 0.25) is 0 Å². The van der Waals surface area contributed by atoms with E-state index >= 15 is 0 Å². The third-order valence-electron chi connectivity index (χ3n) is 5.12. The zero-order chi connectivity index (χ0) is 22.6. The fraction of sp³-hybridized carbons (Fsp3) is 0.346. The van der Waals surface area contributed by atoms with Gasteiger partial charge in [-0.15, -0.1) is 0 Å². The number of allylic oxidation sites excluding steroid dienone is 3. The fourth-order valence-electron chi connectivity index (χ4n) is 3.36. The summed E-state index contributed by atoms with van der Waals surface area (Å²) >= 11 is 0. The molecule has 0 saturated carbocycles. The summed E-state index contributed by atoms with van der Waals surface area (Å²) in [6, 6.07) is 12.3. The van der Waals surface area contributed by atoms with E-state index in [1.807, 2.05) is 38.4 Å². The lowest BCUT2D eigenvalue weighted by Crippen LogP contribution is -2.30. The van der Waals surface area contributed by atoms with Crippen LogP contribution in [0.1, 0.15) is 52.2 Å². The molecule has 1 N–H and O–H groups in total. The van der Waals surface area contributed by atoms with Gasteiger partial charge in [0, 0.05) is 50.2 Å². The molecule has 0 bridgehead atoms. The molecule has 0 amide bonds. The minimum absolute atomic E-state index is 0.269. The number of nitrogens with zero attached hydrogens (tertiary/aromatic N) is 2. The highest BCUT2D eigenvalue weighted by Gasteiger charge is 2.23. The average molecular weight is 438 g/mol. The molecule has 0 saturated heterocycles. The molecule has 1 aromatic carbocycles. The van der Waals surface area contributed by atoms with Gasteiger partial charge in [0.05, 0.1) is 12.9 Å². The predicted octanol–water partition coefficient (Wildman–Crippen LogP) is 6.74. The average Bonchev–Trinajstić information content (AvgIpc) is 2.85. The molecule has 4 nitrogen and oxygen atoms in total. The minimum Gasteiger partial charge on any atom is -0.496 e. The summed E-state index contributed by atoms with van der Waals surface area (Å²) < 4.78 is 7.95. The molecule has 0 spiro atoms. The van der Waals surface area contributed by atoms with Gasteiger partial charge in [0.15, 0.2) is 0 Å². The van der Waals surface area contributed by atoms with Crippen molar-refractivity contribution in [1.82, 2.24) is 15.0 Å². The molecule has 2 unspecified atom stereocenters. The van der Waals surface area contributed by atoms with Gasteiger partial charge in [0.25, 0.3) is 0 Å². The lowest BCUT2D eigenvalue weighted by atomic mass is 10.1. The first kappa shape index (κ1) is 24.8. The van der Waals surface area contributed by atoms with Crippen molar-refractivity contribution in [2.45, 2.75) is 53.4 Å². The first-order valence-electron chi connectivity index (χ1n) is 11.0. The second-order valence-corrected chi connectivity index (χ2v) is 8.25. The van der Waals surface area contributed by atoms with Gasteiger partial charge in [-0.05, 0) is 50.1 Å². The topological polar surface area (TPSA) is 37.4 Å². The van der Waals surface area contributed by atoms with Crippen molar-refractivity contribution >= 4 is 14.4 Å². The molecule has 1 aromatic heterocycles. The van der Waals surface area contributed by atoms with Crippen LogP contribution in [0.5, 0.6) is 5.75 Å². The van der Waals surface area contributed by atoms with E-state index in [-0.39, 0.29) is 5.78 Å². The van der Waals surface area contributed by atoms with Crippen LogP contribution in [0.2, 0.25) is 0 Å². The van der Waals surface area contributed by atoms with E-state index in [4.69, 9.17) is 4.74 Å². The molecule has 0 fully saturated rings. The van der Waals surface area contributed by atoms with Crippen molar-refractivity contribution in [3.8, 4) is 5.75 Å². The Labute approximate surface area is 190 Å². The van der Waals surface area contributed by atoms with Crippen LogP contribution in [0.4, 0.5) is 0 Å². The number of nitrogens with one attached hydrogen (secondary N) is 1. The summed E-state index contributed by atoms with van der Waals surface area (Å²) in [5.74, 6) is 1.19. The van der Waals surface area contributed by atoms with Crippen molar-refractivity contribution in [1.29, 1.82) is 0 Å². The number of para-hydroxylation sites is 1. The number of aromatic nitrogens is 1. The highest BCUT2D eigenvalue weighted by Crippen LogP contribution is 2.42. The first-order chi connectivity index (χ1) is 15.2. The highest BCUT2D eigenvalue weighted by atomic mass is 31.1. The number of hydrogen-bond donors (Lipinski definition) is 1. The Hall–Kier alpha value is -2.42. The summed E-state index contributed by atoms with van der Waals surface area (Å²) in [5.41, 5.74) is 6.28. The second-order valence-electron chi connectivity index (χ2n) is 6.92. The van der Waals surface area contributed by atoms with Gasteiger partial charge >= 0.3 is 0 Å². The maximum Gasteiger partial charge on any atom is 0.123 e. The Morgan fingerprint density at radius 2 is 1.90 bits per heavy atom. The van der Waals surface area contributed by atoms with Crippen LogP contribution in [0, 0.1) is 0 Å². The predicted molar refractivity (Wildman–Crippen MR) is 135 cm³/mol. The third-order valence-corrected chi connectivity index (χ3v) is 6.53. The van der Waals surface area contributed by atoms with Gasteiger partial charge in [-0.2, -0.15) is 0 Å². The number of benzene rings is 1. The van der Waals surface area contributed by atoms with Crippen LogP contribution in [0.3, 0.4) is 0 Å². The Morgan fingerprint density at radius 1 is 1.19 bits per heavy atom. The number of rotatable bonds is 7. The molecule has 1 aliphatic heterocycles. The smallest absolute Gasteiger partial charge is 0.123 e. The lowest BCUT2D eigenvalue weighted by molar-refractivity contribution is 0.408. The van der Waals surface area contributed by atoms with E-state index in [1.54, 1.807) is 7.11 Å². The molecule has 0 radical (unpaired) electrons. The van der Waals surface area contributed by atoms with E-state index in [2.05, 4.69) is 78.2 Å². The summed E-state index contributed by atoms with van der Waals surface area (Å²) in [5, 5.41) is 3.69. The molecule has 2 aromatic rings. The zero-order valence-electron chi connectivity index (χ0n) is 19.6. The molecule has 166 valence electrons. The number of pyridine rings is 1. The molecule has 2 heterocycles. The fourth-order valence-corrected chi connectivity index (χ4v) is 4.81. The van der Waals surface area contributed by atoms with Gasteiger partial charge < -0.3 is 14.7 Å². The highest BCUT2D eigenvalue weighted by molar-refractivity contribution is 7.37. The van der Waals surface area contributed by atoms with Gasteiger partial charge in [0.1, 0.15) is 5.75 Å². The maximum absolute atomic E-state index is 5.49. The van der Waals surface area contributed by atoms with Crippen LogP contribution in [-0.2, 0) is 6.54 Å². The van der Waals surface area contributed by atoms with E-state index < -0.39 is 0 Å². The molecule has 31 heavy (non-hydrogen) atoms.